The van der Waals surface area contributed by atoms with Gasteiger partial charge in [0.15, 0.2) is 28.9 Å². The van der Waals surface area contributed by atoms with Crippen LogP contribution >= 0.6 is 27.1 Å². The van der Waals surface area contributed by atoms with Crippen molar-refractivity contribution in [3.05, 3.63) is 35.0 Å². The minimum Gasteiger partial charge on any atom is -0.394 e. The number of imidazole rings is 1. The number of nitrogens with zero attached hydrogens (tertiary/aromatic N) is 6. The summed E-state index contributed by atoms with van der Waals surface area (Å²) in [6.07, 6.45) is -5.36. The van der Waals surface area contributed by atoms with Crippen LogP contribution in [0.2, 0.25) is 0 Å². The molecule has 9 atom stereocenters. The number of hydrogen-bond acceptors (Lipinski definition) is 14. The van der Waals surface area contributed by atoms with Crippen LogP contribution in [-0.4, -0.2) is 87.4 Å². The minimum atomic E-state index is -5.03. The molecule has 0 bridgehead atoms. The number of halogens is 2. The largest absolute Gasteiger partial charge is 0.394 e. The maximum absolute atomic E-state index is 15.6. The molecule has 0 aliphatic carbocycles. The molecule has 44 heavy (non-hydrogen) atoms. The Labute approximate surface area is 250 Å². The van der Waals surface area contributed by atoms with Crippen LogP contribution in [-0.2, 0) is 27.7 Å². The highest BCUT2D eigenvalue weighted by Gasteiger charge is 2.56. The van der Waals surface area contributed by atoms with Gasteiger partial charge >= 0.3 is 7.60 Å². The van der Waals surface area contributed by atoms with Gasteiger partial charge in [-0.25, -0.2) is 23.7 Å². The van der Waals surface area contributed by atoms with E-state index in [1.54, 1.807) is 0 Å². The number of hydrogen-bond donors (Lipinski definition) is 6. The van der Waals surface area contributed by atoms with Gasteiger partial charge in [-0.15, -0.1) is 0 Å². The van der Waals surface area contributed by atoms with Gasteiger partial charge < -0.3 is 44.6 Å². The summed E-state index contributed by atoms with van der Waals surface area (Å²) < 4.78 is 80.4. The maximum Gasteiger partial charge on any atom is 0.338 e. The molecule has 4 aromatic heterocycles. The van der Waals surface area contributed by atoms with Gasteiger partial charge in [0.25, 0.3) is 5.56 Å². The number of ether oxygens (including phenoxy) is 2. The highest BCUT2D eigenvalue weighted by Crippen LogP contribution is 2.58. The van der Waals surface area contributed by atoms with Crippen molar-refractivity contribution in [2.75, 3.05) is 24.7 Å². The topological polar surface area (TPSA) is 258 Å². The Morgan fingerprint density at radius 2 is 2.00 bits per heavy atom. The SMILES string of the molecule is Nc1nc2c(ncn2[C@@H]2O[C@H](CO)[C@@H](F)[C@H]2P(=O)(O)OC[C@H]2O[C@@H](n3cc(F)c4c(N)ncnc43)C[C@@H]2O[PH](=O)S)c(=O)[nH]1. The molecule has 2 aliphatic heterocycles. The number of aliphatic hydroxyl groups is 1. The zero-order chi connectivity index (χ0) is 31.5. The second-order valence-electron chi connectivity index (χ2n) is 9.95. The third kappa shape index (κ3) is 5.41. The van der Waals surface area contributed by atoms with Crippen LogP contribution in [0.15, 0.2) is 23.6 Å². The van der Waals surface area contributed by atoms with E-state index in [9.17, 15) is 28.3 Å². The van der Waals surface area contributed by atoms with Crippen molar-refractivity contribution in [3.8, 4) is 0 Å². The molecular weight excluding hydrogens is 654 g/mol. The van der Waals surface area contributed by atoms with Crippen molar-refractivity contribution in [3.63, 3.8) is 0 Å². The Morgan fingerprint density at radius 1 is 1.23 bits per heavy atom. The number of aromatic amines is 1. The Hall–Kier alpha value is -3.00. The van der Waals surface area contributed by atoms with E-state index in [0.717, 1.165) is 23.4 Å². The predicted molar refractivity (Wildman–Crippen MR) is 151 cm³/mol. The Morgan fingerprint density at radius 3 is 2.73 bits per heavy atom. The average molecular weight is 679 g/mol. The Bertz CT molecular complexity index is 1860. The van der Waals surface area contributed by atoms with E-state index in [-0.39, 0.29) is 40.4 Å². The number of nitrogen functional groups attached to an aromatic ring is 2. The van der Waals surface area contributed by atoms with Gasteiger partial charge in [0, 0.05) is 12.6 Å². The van der Waals surface area contributed by atoms with Crippen LogP contribution in [0.25, 0.3) is 22.2 Å². The maximum atomic E-state index is 15.6. The van der Waals surface area contributed by atoms with Crippen LogP contribution in [0.5, 0.6) is 0 Å². The van der Waals surface area contributed by atoms with E-state index in [2.05, 4.69) is 37.2 Å². The summed E-state index contributed by atoms with van der Waals surface area (Å²) in [5.74, 6) is -1.14. The molecule has 0 radical (unpaired) electrons. The Kier molecular flexibility index (Phi) is 8.27. The minimum absolute atomic E-state index is 0.0377. The molecule has 2 aliphatic rings. The van der Waals surface area contributed by atoms with Gasteiger partial charge in [0.1, 0.15) is 42.4 Å². The van der Waals surface area contributed by atoms with Crippen LogP contribution < -0.4 is 17.0 Å². The lowest BCUT2D eigenvalue weighted by Gasteiger charge is -2.26. The lowest BCUT2D eigenvalue weighted by Crippen LogP contribution is -2.33. The van der Waals surface area contributed by atoms with Gasteiger partial charge in [-0.1, -0.05) is 12.2 Å². The smallest absolute Gasteiger partial charge is 0.338 e. The number of aromatic nitrogens is 7. The van der Waals surface area contributed by atoms with Crippen molar-refractivity contribution >= 4 is 61.0 Å². The molecule has 6 heterocycles. The number of nitrogens with one attached hydrogen (secondary N) is 1. The number of fused-ring (bicyclic) bond motifs is 2. The average Bonchev–Trinajstić information content (AvgIpc) is 3.71. The quantitative estimate of drug-likeness (QED) is 0.105. The number of alkyl halides is 1. The first-order chi connectivity index (χ1) is 20.9. The van der Waals surface area contributed by atoms with Gasteiger partial charge in [-0.2, -0.15) is 4.98 Å². The van der Waals surface area contributed by atoms with Gasteiger partial charge in [0.05, 0.1) is 31.0 Å². The first-order valence-corrected chi connectivity index (χ1v) is 17.1. The molecule has 23 heteroatoms. The summed E-state index contributed by atoms with van der Waals surface area (Å²) >= 11 is 3.81. The highest BCUT2D eigenvalue weighted by atomic mass is 32.7. The third-order valence-corrected chi connectivity index (χ3v) is 9.96. The van der Waals surface area contributed by atoms with Crippen molar-refractivity contribution in [2.45, 2.75) is 49.0 Å². The zero-order valence-electron chi connectivity index (χ0n) is 22.1. The van der Waals surface area contributed by atoms with Crippen LogP contribution in [0.1, 0.15) is 18.9 Å². The van der Waals surface area contributed by atoms with Gasteiger partial charge in [-0.05, 0) is 0 Å². The molecule has 6 rings (SSSR count). The first kappa shape index (κ1) is 31.0. The monoisotopic (exact) mass is 679 g/mol. The molecule has 0 amide bonds. The second kappa shape index (κ2) is 11.7. The lowest BCUT2D eigenvalue weighted by molar-refractivity contribution is -0.0379. The van der Waals surface area contributed by atoms with E-state index >= 15 is 4.39 Å². The summed E-state index contributed by atoms with van der Waals surface area (Å²) in [7, 11) is -7.89. The summed E-state index contributed by atoms with van der Waals surface area (Å²) in [6, 6.07) is 0. The number of anilines is 2. The lowest BCUT2D eigenvalue weighted by atomic mass is 10.2. The number of aliphatic hydroxyl groups excluding tert-OH is 1. The molecule has 2 unspecified atom stereocenters. The van der Waals surface area contributed by atoms with E-state index in [1.807, 2.05) is 0 Å². The van der Waals surface area contributed by atoms with Gasteiger partial charge in [0.2, 0.25) is 13.2 Å². The molecule has 238 valence electrons. The van der Waals surface area contributed by atoms with E-state index in [4.69, 9.17) is 30.0 Å². The zero-order valence-corrected chi connectivity index (χ0v) is 24.9. The van der Waals surface area contributed by atoms with Crippen molar-refractivity contribution in [1.82, 2.24) is 34.1 Å². The van der Waals surface area contributed by atoms with Crippen LogP contribution in [0.4, 0.5) is 20.5 Å². The van der Waals surface area contributed by atoms with E-state index in [0.29, 0.717) is 0 Å². The fourth-order valence-corrected chi connectivity index (χ4v) is 7.91. The van der Waals surface area contributed by atoms with E-state index in [1.165, 1.54) is 4.57 Å². The van der Waals surface area contributed by atoms with Crippen LogP contribution in [0.3, 0.4) is 0 Å². The summed E-state index contributed by atoms with van der Waals surface area (Å²) in [6.45, 7) is -1.54. The summed E-state index contributed by atoms with van der Waals surface area (Å²) in [5, 5.41) is 9.63. The molecule has 4 aromatic rings. The summed E-state index contributed by atoms with van der Waals surface area (Å²) in [5.41, 5.74) is 8.47. The van der Waals surface area contributed by atoms with Crippen LogP contribution in [0, 0.1) is 5.82 Å². The molecule has 0 aromatic carbocycles. The molecule has 0 spiro atoms. The standard InChI is InChI=1S/C21H25F2N9O9P2S/c22-7-2-31(17-12(7)16(24)26-5-27-17)11-1-8(41-42(35)44)10(39-11)4-38-43(36,37)15-13(23)9(3-33)40-20(15)32-6-28-14-18(32)29-21(25)30-19(14)34/h2,5-6,8-11,13,15,20,33,42H,1,3-4H2,(H,35,44)(H,36,37)(H2,24,26,27)(H3,25,29,30,34)/t8-,9+,10+,11+,13+,15+,20+/m0/s1. The number of rotatable bonds is 9. The number of H-pyrrole nitrogens is 1. The summed E-state index contributed by atoms with van der Waals surface area (Å²) in [4.78, 5) is 41.3. The normalized spacial score (nSPS) is 29.4. The Balaban J connectivity index is 1.27. The van der Waals surface area contributed by atoms with E-state index < -0.39 is 82.0 Å². The number of thiol groups is 1. The fourth-order valence-electron chi connectivity index (χ4n) is 5.38. The molecule has 0 saturated carbocycles. The molecule has 2 fully saturated rings. The third-order valence-electron chi connectivity index (χ3n) is 7.33. The highest BCUT2D eigenvalue weighted by molar-refractivity contribution is 8.39. The van der Waals surface area contributed by atoms with Crippen molar-refractivity contribution in [1.29, 1.82) is 0 Å². The van der Waals surface area contributed by atoms with Crippen molar-refractivity contribution < 1.29 is 46.4 Å². The molecular formula is C21H25F2N9O9P2S. The first-order valence-electron chi connectivity index (χ1n) is 12.8. The van der Waals surface area contributed by atoms with Crippen molar-refractivity contribution in [2.24, 2.45) is 0 Å². The second-order valence-corrected chi connectivity index (χ2v) is 13.8. The fraction of sp³-hybridized carbons (Fsp3) is 0.476. The van der Waals surface area contributed by atoms with Gasteiger partial charge in [-0.3, -0.25) is 23.5 Å². The molecule has 18 nitrogen and oxygen atoms in total. The molecule has 2 saturated heterocycles. The number of nitrogens with two attached hydrogens (primary N) is 2. The molecule has 7 N–H and O–H groups in total. The predicted octanol–water partition coefficient (Wildman–Crippen LogP) is 0.659.